The molecule has 0 atom stereocenters. The van der Waals surface area contributed by atoms with E-state index in [1.54, 1.807) is 6.92 Å². The average Bonchev–Trinajstić information content (AvgIpc) is 2.44. The lowest BCUT2D eigenvalue weighted by Gasteiger charge is -2.11. The molecule has 0 aliphatic rings. The molecule has 5 nitrogen and oxygen atoms in total. The van der Waals surface area contributed by atoms with Gasteiger partial charge in [0.1, 0.15) is 5.82 Å². The van der Waals surface area contributed by atoms with Gasteiger partial charge in [-0.05, 0) is 52.2 Å². The van der Waals surface area contributed by atoms with Crippen LogP contribution in [0.2, 0.25) is 0 Å². The highest BCUT2D eigenvalue weighted by Gasteiger charge is 2.17. The van der Waals surface area contributed by atoms with E-state index in [0.29, 0.717) is 11.1 Å². The Kier molecular flexibility index (Phi) is 4.60. The van der Waals surface area contributed by atoms with E-state index in [-0.39, 0.29) is 21.8 Å². The molecule has 1 aromatic heterocycles. The standard InChI is InChI=1S/C13H12BrFN2O3S/c1-8-4-11(15)10(14)5-12(8)17-21(19,20)13-3-2-9(7-18)6-16-13/h2-6,17-18H,7H2,1H3. The molecule has 1 heterocycles. The van der Waals surface area contributed by atoms with Crippen molar-refractivity contribution in [3.8, 4) is 0 Å². The highest BCUT2D eigenvalue weighted by atomic mass is 79.9. The molecular formula is C13H12BrFN2O3S. The number of hydrogen-bond donors (Lipinski definition) is 2. The molecule has 0 radical (unpaired) electrons. The van der Waals surface area contributed by atoms with Crippen LogP contribution in [0.15, 0.2) is 40.0 Å². The van der Waals surface area contributed by atoms with E-state index in [4.69, 9.17) is 5.11 Å². The number of rotatable bonds is 4. The molecule has 112 valence electrons. The van der Waals surface area contributed by atoms with Crippen LogP contribution in [0.1, 0.15) is 11.1 Å². The Morgan fingerprint density at radius 3 is 2.67 bits per heavy atom. The summed E-state index contributed by atoms with van der Waals surface area (Å²) >= 11 is 3.01. The largest absolute Gasteiger partial charge is 0.392 e. The van der Waals surface area contributed by atoms with Crippen LogP contribution in [0.5, 0.6) is 0 Å². The zero-order valence-corrected chi connectivity index (χ0v) is 13.4. The number of halogens is 2. The van der Waals surface area contributed by atoms with Crippen molar-refractivity contribution in [2.75, 3.05) is 4.72 Å². The second-order valence-corrected chi connectivity index (χ2v) is 6.83. The summed E-state index contributed by atoms with van der Waals surface area (Å²) in [4.78, 5) is 3.79. The van der Waals surface area contributed by atoms with Gasteiger partial charge < -0.3 is 5.11 Å². The lowest BCUT2D eigenvalue weighted by Crippen LogP contribution is -2.15. The molecule has 2 aromatic rings. The van der Waals surface area contributed by atoms with Crippen LogP contribution in [0.25, 0.3) is 0 Å². The molecule has 0 amide bonds. The van der Waals surface area contributed by atoms with E-state index in [9.17, 15) is 12.8 Å². The molecule has 21 heavy (non-hydrogen) atoms. The van der Waals surface area contributed by atoms with E-state index in [1.165, 1.54) is 30.5 Å². The molecule has 2 N–H and O–H groups in total. The third kappa shape index (κ3) is 3.58. The van der Waals surface area contributed by atoms with E-state index in [2.05, 4.69) is 25.6 Å². The third-order valence-corrected chi connectivity index (χ3v) is 4.66. The fraction of sp³-hybridized carbons (Fsp3) is 0.154. The summed E-state index contributed by atoms with van der Waals surface area (Å²) in [6, 6.07) is 5.34. The number of aromatic nitrogens is 1. The second-order valence-electron chi connectivity index (χ2n) is 4.35. The van der Waals surface area contributed by atoms with Crippen LogP contribution in [0.4, 0.5) is 10.1 Å². The lowest BCUT2D eigenvalue weighted by atomic mass is 10.2. The molecule has 2 rings (SSSR count). The monoisotopic (exact) mass is 374 g/mol. The van der Waals surface area contributed by atoms with Crippen molar-refractivity contribution >= 4 is 31.6 Å². The molecule has 0 fully saturated rings. The Bertz CT molecular complexity index is 764. The Balaban J connectivity index is 2.34. The van der Waals surface area contributed by atoms with Crippen molar-refractivity contribution in [3.63, 3.8) is 0 Å². The summed E-state index contributed by atoms with van der Waals surface area (Å²) in [5.41, 5.74) is 1.22. The van der Waals surface area contributed by atoms with Crippen molar-refractivity contribution in [1.29, 1.82) is 0 Å². The average molecular weight is 375 g/mol. The SMILES string of the molecule is Cc1cc(F)c(Br)cc1NS(=O)(=O)c1ccc(CO)cn1. The molecule has 1 aromatic carbocycles. The number of anilines is 1. The maximum atomic E-state index is 13.3. The smallest absolute Gasteiger partial charge is 0.279 e. The summed E-state index contributed by atoms with van der Waals surface area (Å²) in [6.45, 7) is 1.38. The second kappa shape index (κ2) is 6.08. The molecule has 8 heteroatoms. The first kappa shape index (κ1) is 15.9. The fourth-order valence-electron chi connectivity index (χ4n) is 1.62. The van der Waals surface area contributed by atoms with E-state index >= 15 is 0 Å². The van der Waals surface area contributed by atoms with Gasteiger partial charge in [0.2, 0.25) is 0 Å². The predicted molar refractivity (Wildman–Crippen MR) is 79.8 cm³/mol. The van der Waals surface area contributed by atoms with Crippen LogP contribution in [-0.4, -0.2) is 18.5 Å². The van der Waals surface area contributed by atoms with Crippen LogP contribution < -0.4 is 4.72 Å². The number of nitrogens with zero attached hydrogens (tertiary/aromatic N) is 1. The number of aryl methyl sites for hydroxylation is 1. The van der Waals surface area contributed by atoms with Crippen LogP contribution in [0.3, 0.4) is 0 Å². The lowest BCUT2D eigenvalue weighted by molar-refractivity contribution is 0.281. The van der Waals surface area contributed by atoms with Crippen molar-refractivity contribution in [1.82, 2.24) is 4.98 Å². The van der Waals surface area contributed by atoms with Gasteiger partial charge in [0.15, 0.2) is 5.03 Å². The molecular weight excluding hydrogens is 363 g/mol. The maximum absolute atomic E-state index is 13.3. The zero-order valence-electron chi connectivity index (χ0n) is 11.0. The Morgan fingerprint density at radius 1 is 1.38 bits per heavy atom. The van der Waals surface area contributed by atoms with Gasteiger partial charge in [-0.25, -0.2) is 9.37 Å². The highest BCUT2D eigenvalue weighted by molar-refractivity contribution is 9.10. The minimum atomic E-state index is -3.88. The molecule has 0 aliphatic heterocycles. The predicted octanol–water partition coefficient (Wildman–Crippen LogP) is 2.58. The number of hydrogen-bond acceptors (Lipinski definition) is 4. The summed E-state index contributed by atoms with van der Waals surface area (Å²) < 4.78 is 40.3. The number of benzene rings is 1. The Labute approximate surface area is 130 Å². The first-order chi connectivity index (χ1) is 9.83. The molecule has 0 spiro atoms. The molecule has 0 aliphatic carbocycles. The number of sulfonamides is 1. The minimum Gasteiger partial charge on any atom is -0.392 e. The molecule has 0 unspecified atom stereocenters. The summed E-state index contributed by atoms with van der Waals surface area (Å²) in [6.07, 6.45) is 1.28. The number of pyridine rings is 1. The fourth-order valence-corrected chi connectivity index (χ4v) is 3.01. The summed E-state index contributed by atoms with van der Waals surface area (Å²) in [5.74, 6) is -0.471. The van der Waals surface area contributed by atoms with E-state index in [1.807, 2.05) is 0 Å². The Morgan fingerprint density at radius 2 is 2.10 bits per heavy atom. The van der Waals surface area contributed by atoms with Crippen LogP contribution >= 0.6 is 15.9 Å². The van der Waals surface area contributed by atoms with E-state index in [0.717, 1.165) is 0 Å². The van der Waals surface area contributed by atoms with Crippen molar-refractivity contribution in [3.05, 3.63) is 51.9 Å². The molecule has 0 bridgehead atoms. The van der Waals surface area contributed by atoms with E-state index < -0.39 is 15.8 Å². The number of nitrogens with one attached hydrogen (secondary N) is 1. The quantitative estimate of drug-likeness (QED) is 0.861. The molecule has 0 saturated carbocycles. The highest BCUT2D eigenvalue weighted by Crippen LogP contribution is 2.26. The van der Waals surface area contributed by atoms with Crippen molar-refractivity contribution < 1.29 is 17.9 Å². The van der Waals surface area contributed by atoms with Gasteiger partial charge in [-0.1, -0.05) is 6.07 Å². The van der Waals surface area contributed by atoms with Gasteiger partial charge in [-0.15, -0.1) is 0 Å². The summed E-state index contributed by atoms with van der Waals surface area (Å²) in [5, 5.41) is 8.73. The first-order valence-corrected chi connectivity index (χ1v) is 8.15. The van der Waals surface area contributed by atoms with Crippen molar-refractivity contribution in [2.24, 2.45) is 0 Å². The summed E-state index contributed by atoms with van der Waals surface area (Å²) in [7, 11) is -3.88. The normalized spacial score (nSPS) is 11.4. The van der Waals surface area contributed by atoms with Crippen LogP contribution in [-0.2, 0) is 16.6 Å². The first-order valence-electron chi connectivity index (χ1n) is 5.88. The topological polar surface area (TPSA) is 79.3 Å². The number of aliphatic hydroxyl groups is 1. The van der Waals surface area contributed by atoms with Gasteiger partial charge in [0.25, 0.3) is 10.0 Å². The Hall–Kier alpha value is -1.51. The third-order valence-electron chi connectivity index (χ3n) is 2.77. The van der Waals surface area contributed by atoms with Gasteiger partial charge in [-0.3, -0.25) is 4.72 Å². The molecule has 0 saturated heterocycles. The van der Waals surface area contributed by atoms with Gasteiger partial charge in [-0.2, -0.15) is 8.42 Å². The number of aliphatic hydroxyl groups excluding tert-OH is 1. The minimum absolute atomic E-state index is 0.161. The maximum Gasteiger partial charge on any atom is 0.279 e. The zero-order chi connectivity index (χ0) is 15.6. The van der Waals surface area contributed by atoms with Gasteiger partial charge >= 0.3 is 0 Å². The van der Waals surface area contributed by atoms with Crippen LogP contribution in [0, 0.1) is 12.7 Å². The van der Waals surface area contributed by atoms with Gasteiger partial charge in [0.05, 0.1) is 16.8 Å². The van der Waals surface area contributed by atoms with Crippen molar-refractivity contribution in [2.45, 2.75) is 18.6 Å². The van der Waals surface area contributed by atoms with Gasteiger partial charge in [0, 0.05) is 6.20 Å².